The fraction of sp³-hybridized carbons (Fsp3) is 0.375. The van der Waals surface area contributed by atoms with Gasteiger partial charge in [-0.3, -0.25) is 9.10 Å². The molecule has 0 atom stereocenters. The summed E-state index contributed by atoms with van der Waals surface area (Å²) < 4.78 is 36.2. The molecule has 0 heterocycles. The number of aryl methyl sites for hydroxylation is 2. The number of rotatable bonds is 9. The van der Waals surface area contributed by atoms with Crippen molar-refractivity contribution in [1.29, 1.82) is 0 Å². The molecule has 0 aliphatic rings. The molecule has 0 fully saturated rings. The van der Waals surface area contributed by atoms with E-state index in [-0.39, 0.29) is 6.61 Å². The van der Waals surface area contributed by atoms with Crippen LogP contribution in [0.15, 0.2) is 47.6 Å². The largest absolute Gasteiger partial charge is 0.482 e. The first-order valence-corrected chi connectivity index (χ1v) is 12.4. The summed E-state index contributed by atoms with van der Waals surface area (Å²) in [6.45, 7) is 8.35. The van der Waals surface area contributed by atoms with E-state index in [0.29, 0.717) is 17.0 Å². The SMILES string of the molecule is Cc1ccc(C)c(N(CC(=O)N/N=C\c2ccc(OCC(=O)OC(C)(C)C)cc2)S(C)(=O)=O)c1. The number of hydrogen-bond donors (Lipinski definition) is 1. The number of carbonyl (C=O) groups is 2. The Kier molecular flexibility index (Phi) is 8.80. The summed E-state index contributed by atoms with van der Waals surface area (Å²) in [5, 5.41) is 3.89. The van der Waals surface area contributed by atoms with Crippen molar-refractivity contribution in [3.8, 4) is 5.75 Å². The van der Waals surface area contributed by atoms with Crippen LogP contribution in [0.4, 0.5) is 5.69 Å². The monoisotopic (exact) mass is 489 g/mol. The van der Waals surface area contributed by atoms with Gasteiger partial charge in [-0.05, 0) is 81.6 Å². The lowest BCUT2D eigenvalue weighted by Gasteiger charge is -2.23. The Balaban J connectivity index is 1.94. The van der Waals surface area contributed by atoms with Crippen LogP contribution < -0.4 is 14.5 Å². The first kappa shape index (κ1) is 26.8. The second-order valence-corrected chi connectivity index (χ2v) is 10.7. The van der Waals surface area contributed by atoms with Crippen LogP contribution in [0.2, 0.25) is 0 Å². The van der Waals surface area contributed by atoms with Crippen molar-refractivity contribution in [1.82, 2.24) is 5.43 Å². The van der Waals surface area contributed by atoms with Gasteiger partial charge >= 0.3 is 5.97 Å². The number of nitrogens with zero attached hydrogens (tertiary/aromatic N) is 2. The smallest absolute Gasteiger partial charge is 0.344 e. The standard InChI is InChI=1S/C24H31N3O6S/c1-17-7-8-18(2)21(13-17)27(34(6,30)31)15-22(28)26-25-14-19-9-11-20(12-10-19)32-16-23(29)33-24(3,4)5/h7-14H,15-16H2,1-6H3,(H,26,28)/b25-14-. The zero-order valence-corrected chi connectivity index (χ0v) is 21.1. The third-order valence-corrected chi connectivity index (χ3v) is 5.51. The van der Waals surface area contributed by atoms with Gasteiger partial charge in [-0.25, -0.2) is 18.6 Å². The van der Waals surface area contributed by atoms with Crippen LogP contribution in [0, 0.1) is 13.8 Å². The van der Waals surface area contributed by atoms with Crippen LogP contribution in [0.1, 0.15) is 37.5 Å². The van der Waals surface area contributed by atoms with Gasteiger partial charge in [-0.2, -0.15) is 5.10 Å². The zero-order valence-electron chi connectivity index (χ0n) is 20.3. The second-order valence-electron chi connectivity index (χ2n) is 8.80. The maximum Gasteiger partial charge on any atom is 0.344 e. The van der Waals surface area contributed by atoms with Crippen LogP contribution in [-0.2, 0) is 24.3 Å². The lowest BCUT2D eigenvalue weighted by molar-refractivity contribution is -0.157. The van der Waals surface area contributed by atoms with E-state index >= 15 is 0 Å². The van der Waals surface area contributed by atoms with Gasteiger partial charge in [-0.1, -0.05) is 12.1 Å². The summed E-state index contributed by atoms with van der Waals surface area (Å²) in [6, 6.07) is 12.1. The molecule has 1 amide bonds. The average molecular weight is 490 g/mol. The quantitative estimate of drug-likeness (QED) is 0.329. The highest BCUT2D eigenvalue weighted by Gasteiger charge is 2.22. The van der Waals surface area contributed by atoms with Crippen molar-refractivity contribution in [3.63, 3.8) is 0 Å². The van der Waals surface area contributed by atoms with Gasteiger partial charge < -0.3 is 9.47 Å². The lowest BCUT2D eigenvalue weighted by Crippen LogP contribution is -2.39. The normalized spacial score (nSPS) is 11.8. The number of ether oxygens (including phenoxy) is 2. The summed E-state index contributed by atoms with van der Waals surface area (Å²) in [7, 11) is -3.68. The van der Waals surface area contributed by atoms with Crippen LogP contribution in [0.25, 0.3) is 0 Å². The highest BCUT2D eigenvalue weighted by atomic mass is 32.2. The molecule has 9 nitrogen and oxygen atoms in total. The molecular weight excluding hydrogens is 458 g/mol. The van der Waals surface area contributed by atoms with Gasteiger partial charge in [0.1, 0.15) is 17.9 Å². The van der Waals surface area contributed by atoms with Gasteiger partial charge in [0.05, 0.1) is 18.2 Å². The first-order chi connectivity index (χ1) is 15.7. The van der Waals surface area contributed by atoms with Gasteiger partial charge in [0.2, 0.25) is 10.0 Å². The molecule has 34 heavy (non-hydrogen) atoms. The Bertz CT molecular complexity index is 1150. The third-order valence-electron chi connectivity index (χ3n) is 4.38. The Morgan fingerprint density at radius 1 is 1.09 bits per heavy atom. The predicted octanol–water partition coefficient (Wildman–Crippen LogP) is 2.94. The van der Waals surface area contributed by atoms with Crippen LogP contribution >= 0.6 is 0 Å². The zero-order chi connectivity index (χ0) is 25.5. The van der Waals surface area contributed by atoms with Crippen molar-refractivity contribution in [3.05, 3.63) is 59.2 Å². The number of carbonyl (C=O) groups excluding carboxylic acids is 2. The maximum absolute atomic E-state index is 12.4. The topological polar surface area (TPSA) is 114 Å². The Morgan fingerprint density at radius 2 is 1.74 bits per heavy atom. The Morgan fingerprint density at radius 3 is 2.32 bits per heavy atom. The molecule has 0 spiro atoms. The van der Waals surface area contributed by atoms with Gasteiger partial charge in [0, 0.05) is 0 Å². The van der Waals surface area contributed by atoms with Gasteiger partial charge in [0.25, 0.3) is 5.91 Å². The number of hydrazone groups is 1. The van der Waals surface area contributed by atoms with E-state index in [1.807, 2.05) is 13.0 Å². The molecule has 184 valence electrons. The molecule has 2 aromatic carbocycles. The molecular formula is C24H31N3O6S. The highest BCUT2D eigenvalue weighted by Crippen LogP contribution is 2.23. The highest BCUT2D eigenvalue weighted by molar-refractivity contribution is 7.92. The van der Waals surface area contributed by atoms with Crippen molar-refractivity contribution in [2.45, 2.75) is 40.2 Å². The van der Waals surface area contributed by atoms with Gasteiger partial charge in [-0.15, -0.1) is 0 Å². The number of sulfonamides is 1. The number of anilines is 1. The molecule has 0 unspecified atom stereocenters. The molecule has 0 saturated carbocycles. The van der Waals surface area contributed by atoms with E-state index in [4.69, 9.17) is 9.47 Å². The van der Waals surface area contributed by atoms with Crippen molar-refractivity contribution in [2.24, 2.45) is 5.10 Å². The fourth-order valence-corrected chi connectivity index (χ4v) is 3.78. The van der Waals surface area contributed by atoms with E-state index in [2.05, 4.69) is 10.5 Å². The molecule has 0 aliphatic heterocycles. The number of nitrogens with one attached hydrogen (secondary N) is 1. The Labute approximate surface area is 200 Å². The van der Waals surface area contributed by atoms with E-state index in [1.54, 1.807) is 64.1 Å². The second kappa shape index (κ2) is 11.1. The number of benzene rings is 2. The number of hydrogen-bond acceptors (Lipinski definition) is 7. The molecule has 2 rings (SSSR count). The fourth-order valence-electron chi connectivity index (χ4n) is 2.88. The Hall–Kier alpha value is -3.40. The molecule has 0 radical (unpaired) electrons. The molecule has 0 aromatic heterocycles. The van der Waals surface area contributed by atoms with Crippen molar-refractivity contribution >= 4 is 33.8 Å². The molecule has 2 aromatic rings. The minimum absolute atomic E-state index is 0.210. The van der Waals surface area contributed by atoms with E-state index in [9.17, 15) is 18.0 Å². The average Bonchev–Trinajstić information content (AvgIpc) is 2.71. The maximum atomic E-state index is 12.4. The summed E-state index contributed by atoms with van der Waals surface area (Å²) >= 11 is 0. The first-order valence-electron chi connectivity index (χ1n) is 10.6. The minimum Gasteiger partial charge on any atom is -0.482 e. The third kappa shape index (κ3) is 8.86. The van der Waals surface area contributed by atoms with E-state index in [1.165, 1.54) is 6.21 Å². The lowest BCUT2D eigenvalue weighted by atomic mass is 10.1. The minimum atomic E-state index is -3.68. The van der Waals surface area contributed by atoms with Crippen LogP contribution in [0.3, 0.4) is 0 Å². The summed E-state index contributed by atoms with van der Waals surface area (Å²) in [5.41, 5.74) is 4.50. The summed E-state index contributed by atoms with van der Waals surface area (Å²) in [4.78, 5) is 24.1. The van der Waals surface area contributed by atoms with Crippen molar-refractivity contribution in [2.75, 3.05) is 23.7 Å². The van der Waals surface area contributed by atoms with Crippen molar-refractivity contribution < 1.29 is 27.5 Å². The van der Waals surface area contributed by atoms with E-state index < -0.39 is 34.0 Å². The summed E-state index contributed by atoms with van der Waals surface area (Å²) in [5.74, 6) is -0.575. The van der Waals surface area contributed by atoms with E-state index in [0.717, 1.165) is 21.7 Å². The van der Waals surface area contributed by atoms with Crippen LogP contribution in [0.5, 0.6) is 5.75 Å². The summed E-state index contributed by atoms with van der Waals surface area (Å²) in [6.07, 6.45) is 2.47. The molecule has 0 saturated heterocycles. The molecule has 0 bridgehead atoms. The predicted molar refractivity (Wildman–Crippen MR) is 132 cm³/mol. The number of amides is 1. The molecule has 10 heteroatoms. The van der Waals surface area contributed by atoms with Crippen LogP contribution in [-0.4, -0.2) is 51.5 Å². The number of esters is 1. The van der Waals surface area contributed by atoms with Gasteiger partial charge in [0.15, 0.2) is 6.61 Å². The molecule has 0 aliphatic carbocycles. The molecule has 1 N–H and O–H groups in total.